The zero-order valence-corrected chi connectivity index (χ0v) is 11.6. The van der Waals surface area contributed by atoms with E-state index in [0.717, 1.165) is 35.9 Å². The molecule has 2 aromatic heterocycles. The quantitative estimate of drug-likeness (QED) is 0.492. The summed E-state index contributed by atoms with van der Waals surface area (Å²) in [4.78, 5) is 8.98. The van der Waals surface area contributed by atoms with Crippen LogP contribution in [0.3, 0.4) is 0 Å². The van der Waals surface area contributed by atoms with Crippen LogP contribution in [0.5, 0.6) is 0 Å². The largest absolute Gasteiger partial charge is 0.262 e. The second-order valence-corrected chi connectivity index (χ2v) is 5.31. The molecule has 0 saturated heterocycles. The van der Waals surface area contributed by atoms with Crippen LogP contribution in [0.2, 0.25) is 0 Å². The molecular weight excluding hydrogens is 268 g/mol. The molecule has 6 heteroatoms. The van der Waals surface area contributed by atoms with Crippen LogP contribution in [0, 0.1) is 0 Å². The molecule has 0 N–H and O–H groups in total. The maximum atomic E-state index is 5.82. The van der Waals surface area contributed by atoms with Crippen LogP contribution >= 0.6 is 23.4 Å². The Labute approximate surface area is 115 Å². The summed E-state index contributed by atoms with van der Waals surface area (Å²) >= 11 is 7.38. The number of hydrogen-bond acceptors (Lipinski definition) is 4. The lowest BCUT2D eigenvalue weighted by Gasteiger charge is -2.17. The maximum Gasteiger partial charge on any atom is 0.187 e. The average Bonchev–Trinajstić information content (AvgIpc) is 2.82. The van der Waals surface area contributed by atoms with Gasteiger partial charge in [-0.05, 0) is 24.7 Å². The van der Waals surface area contributed by atoms with Crippen molar-refractivity contribution in [3.63, 3.8) is 0 Å². The van der Waals surface area contributed by atoms with E-state index in [-0.39, 0.29) is 0 Å². The van der Waals surface area contributed by atoms with Crippen molar-refractivity contribution in [3.05, 3.63) is 23.5 Å². The highest BCUT2D eigenvalue weighted by Crippen LogP contribution is 2.32. The molecule has 0 bridgehead atoms. The van der Waals surface area contributed by atoms with E-state index in [2.05, 4.69) is 15.1 Å². The first-order valence-electron chi connectivity index (χ1n) is 5.84. The van der Waals surface area contributed by atoms with E-state index in [9.17, 15) is 0 Å². The van der Waals surface area contributed by atoms with Gasteiger partial charge < -0.3 is 0 Å². The average molecular weight is 281 g/mol. The van der Waals surface area contributed by atoms with Crippen LogP contribution < -0.4 is 0 Å². The zero-order valence-electron chi connectivity index (χ0n) is 10.1. The van der Waals surface area contributed by atoms with E-state index in [1.807, 2.05) is 23.3 Å². The molecule has 1 aliphatic rings. The summed E-state index contributed by atoms with van der Waals surface area (Å²) in [6, 6.07) is 0. The lowest BCUT2D eigenvalue weighted by Crippen LogP contribution is -2.11. The van der Waals surface area contributed by atoms with Crippen molar-refractivity contribution in [2.75, 3.05) is 12.1 Å². The monoisotopic (exact) mass is 280 g/mol. The van der Waals surface area contributed by atoms with E-state index >= 15 is 0 Å². The van der Waals surface area contributed by atoms with Crippen LogP contribution in [0.4, 0.5) is 0 Å². The summed E-state index contributed by atoms with van der Waals surface area (Å²) in [5.74, 6) is 0.559. The number of aryl methyl sites for hydroxylation is 3. The van der Waals surface area contributed by atoms with Crippen molar-refractivity contribution in [1.82, 2.24) is 19.7 Å². The van der Waals surface area contributed by atoms with Gasteiger partial charge in [0.1, 0.15) is 0 Å². The van der Waals surface area contributed by atoms with Gasteiger partial charge in [0, 0.05) is 17.6 Å². The number of halogens is 1. The number of alkyl halides is 1. The molecule has 2 heterocycles. The van der Waals surface area contributed by atoms with Gasteiger partial charge in [-0.3, -0.25) is 4.68 Å². The molecule has 0 aromatic carbocycles. The summed E-state index contributed by atoms with van der Waals surface area (Å²) in [6.07, 6.45) is 7.86. The molecule has 0 amide bonds. The first-order valence-corrected chi connectivity index (χ1v) is 7.60. The van der Waals surface area contributed by atoms with Crippen LogP contribution in [0.15, 0.2) is 17.6 Å². The van der Waals surface area contributed by atoms with Gasteiger partial charge in [0.25, 0.3) is 0 Å². The first kappa shape index (κ1) is 12.0. The fourth-order valence-electron chi connectivity index (χ4n) is 2.28. The number of rotatable bonds is 3. The standard InChI is InChI=1S/C12H13ClN4S/c1-18-12-14-6-8-2-3-9-7-15-17(5-4-13)11(9)10(8)16-12/h6-7H,2-5H2,1H3. The molecule has 0 aliphatic heterocycles. The van der Waals surface area contributed by atoms with Crippen LogP contribution in [0.1, 0.15) is 11.1 Å². The fourth-order valence-corrected chi connectivity index (χ4v) is 2.78. The maximum absolute atomic E-state index is 5.82. The van der Waals surface area contributed by atoms with E-state index in [0.29, 0.717) is 5.88 Å². The van der Waals surface area contributed by atoms with Gasteiger partial charge in [-0.2, -0.15) is 5.10 Å². The van der Waals surface area contributed by atoms with Gasteiger partial charge in [0.05, 0.1) is 24.1 Å². The van der Waals surface area contributed by atoms with Gasteiger partial charge in [0.2, 0.25) is 0 Å². The molecule has 2 aromatic rings. The molecule has 0 unspecified atom stereocenters. The summed E-state index contributed by atoms with van der Waals surface area (Å²) in [6.45, 7) is 0.717. The number of aromatic nitrogens is 4. The van der Waals surface area contributed by atoms with Crippen LogP contribution in [-0.2, 0) is 19.4 Å². The van der Waals surface area contributed by atoms with E-state index in [1.54, 1.807) is 11.8 Å². The molecular formula is C12H13ClN4S. The minimum atomic E-state index is 0.559. The zero-order chi connectivity index (χ0) is 12.5. The second-order valence-electron chi connectivity index (χ2n) is 4.16. The van der Waals surface area contributed by atoms with Gasteiger partial charge in [0.15, 0.2) is 5.16 Å². The second kappa shape index (κ2) is 4.90. The Bertz CT molecular complexity index is 581. The molecule has 3 rings (SSSR count). The fraction of sp³-hybridized carbons (Fsp3) is 0.417. The Morgan fingerprint density at radius 1 is 1.33 bits per heavy atom. The molecule has 1 aliphatic carbocycles. The van der Waals surface area contributed by atoms with Crippen LogP contribution in [0.25, 0.3) is 11.4 Å². The van der Waals surface area contributed by atoms with Crippen LogP contribution in [-0.4, -0.2) is 31.9 Å². The molecule has 4 nitrogen and oxygen atoms in total. The number of thioether (sulfide) groups is 1. The molecule has 0 saturated carbocycles. The molecule has 0 spiro atoms. The van der Waals surface area contributed by atoms with Gasteiger partial charge >= 0.3 is 0 Å². The van der Waals surface area contributed by atoms with E-state index < -0.39 is 0 Å². The lowest BCUT2D eigenvalue weighted by molar-refractivity contribution is 0.665. The van der Waals surface area contributed by atoms with E-state index in [4.69, 9.17) is 11.6 Å². The summed E-state index contributed by atoms with van der Waals surface area (Å²) in [5, 5.41) is 5.21. The highest BCUT2D eigenvalue weighted by atomic mass is 35.5. The predicted molar refractivity (Wildman–Crippen MR) is 73.2 cm³/mol. The van der Waals surface area contributed by atoms with Crippen molar-refractivity contribution in [2.45, 2.75) is 24.5 Å². The minimum Gasteiger partial charge on any atom is -0.262 e. The van der Waals surface area contributed by atoms with Gasteiger partial charge in [-0.1, -0.05) is 11.8 Å². The highest BCUT2D eigenvalue weighted by molar-refractivity contribution is 7.98. The number of fused-ring (bicyclic) bond motifs is 3. The lowest BCUT2D eigenvalue weighted by atomic mass is 9.95. The topological polar surface area (TPSA) is 43.6 Å². The van der Waals surface area contributed by atoms with Gasteiger partial charge in [-0.25, -0.2) is 9.97 Å². The molecule has 0 fully saturated rings. The Hall–Kier alpha value is -1.07. The molecule has 0 radical (unpaired) electrons. The molecule has 18 heavy (non-hydrogen) atoms. The Morgan fingerprint density at radius 2 is 2.17 bits per heavy atom. The summed E-state index contributed by atoms with van der Waals surface area (Å²) in [7, 11) is 0. The molecule has 94 valence electrons. The smallest absolute Gasteiger partial charge is 0.187 e. The highest BCUT2D eigenvalue weighted by Gasteiger charge is 2.22. The third-order valence-electron chi connectivity index (χ3n) is 3.12. The Morgan fingerprint density at radius 3 is 2.94 bits per heavy atom. The van der Waals surface area contributed by atoms with Crippen molar-refractivity contribution in [1.29, 1.82) is 0 Å². The van der Waals surface area contributed by atoms with Crippen molar-refractivity contribution < 1.29 is 0 Å². The predicted octanol–water partition coefficient (Wildman–Crippen LogP) is 2.40. The Kier molecular flexibility index (Phi) is 3.26. The van der Waals surface area contributed by atoms with Crippen molar-refractivity contribution >= 4 is 23.4 Å². The van der Waals surface area contributed by atoms with Crippen molar-refractivity contribution in [3.8, 4) is 11.4 Å². The van der Waals surface area contributed by atoms with Gasteiger partial charge in [-0.15, -0.1) is 11.6 Å². The Balaban J connectivity index is 2.15. The van der Waals surface area contributed by atoms with E-state index in [1.165, 1.54) is 11.1 Å². The third-order valence-corrected chi connectivity index (χ3v) is 3.86. The molecule has 0 atom stereocenters. The minimum absolute atomic E-state index is 0.559. The number of hydrogen-bond donors (Lipinski definition) is 0. The van der Waals surface area contributed by atoms with Crippen molar-refractivity contribution in [2.24, 2.45) is 0 Å². The SMILES string of the molecule is CSc1ncc2c(n1)-c1c(cnn1CCCl)CC2. The third kappa shape index (κ3) is 1.91. The normalized spacial score (nSPS) is 13.2. The first-order chi connectivity index (χ1) is 8.83. The number of nitrogens with zero attached hydrogens (tertiary/aromatic N) is 4. The summed E-state index contributed by atoms with van der Waals surface area (Å²) in [5.41, 5.74) is 4.61. The summed E-state index contributed by atoms with van der Waals surface area (Å²) < 4.78 is 1.96.